The first kappa shape index (κ1) is 19.8. The van der Waals surface area contributed by atoms with E-state index in [0.717, 1.165) is 5.56 Å². The number of hydrogen-bond donors (Lipinski definition) is 1. The van der Waals surface area contributed by atoms with Crippen molar-refractivity contribution in [2.75, 3.05) is 25.2 Å². The molecule has 8 heteroatoms. The molecule has 0 aromatic heterocycles. The van der Waals surface area contributed by atoms with Crippen LogP contribution in [0.2, 0.25) is 5.02 Å². The zero-order chi connectivity index (χ0) is 18.4. The van der Waals surface area contributed by atoms with Gasteiger partial charge in [-0.1, -0.05) is 23.7 Å². The van der Waals surface area contributed by atoms with Gasteiger partial charge in [0.25, 0.3) is 0 Å². The summed E-state index contributed by atoms with van der Waals surface area (Å²) in [6.07, 6.45) is 0. The summed E-state index contributed by atoms with van der Waals surface area (Å²) in [5, 5.41) is 3.40. The fourth-order valence-corrected chi connectivity index (χ4v) is 3.87. The summed E-state index contributed by atoms with van der Waals surface area (Å²) in [6.45, 7) is 0. The quantitative estimate of drug-likeness (QED) is 0.775. The van der Waals surface area contributed by atoms with Crippen LogP contribution in [0.5, 0.6) is 0 Å². The molecule has 0 aliphatic carbocycles. The van der Waals surface area contributed by atoms with Gasteiger partial charge >= 0.3 is 0 Å². The third kappa shape index (κ3) is 5.74. The third-order valence-electron chi connectivity index (χ3n) is 3.31. The van der Waals surface area contributed by atoms with Gasteiger partial charge in [0.15, 0.2) is 0 Å². The molecular weight excluding hydrogens is 380 g/mol. The van der Waals surface area contributed by atoms with Crippen LogP contribution in [0.4, 0.5) is 5.69 Å². The average molecular weight is 399 g/mol. The lowest BCUT2D eigenvalue weighted by atomic mass is 10.2. The minimum atomic E-state index is -3.45. The summed E-state index contributed by atoms with van der Waals surface area (Å²) in [6, 6.07) is 13.7. The highest BCUT2D eigenvalue weighted by Crippen LogP contribution is 2.19. The monoisotopic (exact) mass is 398 g/mol. The van der Waals surface area contributed by atoms with E-state index in [1.807, 2.05) is 6.07 Å². The van der Waals surface area contributed by atoms with Gasteiger partial charge in [-0.25, -0.2) is 12.7 Å². The van der Waals surface area contributed by atoms with Gasteiger partial charge in [0, 0.05) is 30.6 Å². The molecule has 2 aromatic rings. The van der Waals surface area contributed by atoms with Gasteiger partial charge in [0.05, 0.1) is 10.6 Å². The molecule has 0 radical (unpaired) electrons. The molecule has 25 heavy (non-hydrogen) atoms. The highest BCUT2D eigenvalue weighted by atomic mass is 35.5. The first-order valence-corrected chi connectivity index (χ1v) is 10.4. The number of amides is 1. The Labute approximate surface area is 157 Å². The highest BCUT2D eigenvalue weighted by Gasteiger charge is 2.17. The summed E-state index contributed by atoms with van der Waals surface area (Å²) in [4.78, 5) is 12.2. The Morgan fingerprint density at radius 3 is 2.48 bits per heavy atom. The molecule has 0 heterocycles. The van der Waals surface area contributed by atoms with Crippen LogP contribution < -0.4 is 5.32 Å². The first-order valence-electron chi connectivity index (χ1n) is 7.43. The Morgan fingerprint density at radius 1 is 1.16 bits per heavy atom. The molecular formula is C17H19ClN2O3S2. The van der Waals surface area contributed by atoms with Crippen molar-refractivity contribution in [1.29, 1.82) is 0 Å². The average Bonchev–Trinajstić information content (AvgIpc) is 2.57. The number of hydrogen-bond acceptors (Lipinski definition) is 4. The Kier molecular flexibility index (Phi) is 6.89. The van der Waals surface area contributed by atoms with Crippen molar-refractivity contribution in [3.05, 3.63) is 59.1 Å². The second kappa shape index (κ2) is 8.71. The highest BCUT2D eigenvalue weighted by molar-refractivity contribution is 7.99. The van der Waals surface area contributed by atoms with E-state index in [4.69, 9.17) is 11.6 Å². The summed E-state index contributed by atoms with van der Waals surface area (Å²) < 4.78 is 25.5. The summed E-state index contributed by atoms with van der Waals surface area (Å²) in [7, 11) is -0.455. The van der Waals surface area contributed by atoms with E-state index < -0.39 is 10.0 Å². The maximum absolute atomic E-state index is 12.1. The molecule has 0 aliphatic heterocycles. The fourth-order valence-electron chi connectivity index (χ4n) is 2.00. The van der Waals surface area contributed by atoms with Crippen LogP contribution in [0.15, 0.2) is 53.4 Å². The number of nitrogens with zero attached hydrogens (tertiary/aromatic N) is 1. The molecule has 0 bridgehead atoms. The largest absolute Gasteiger partial charge is 0.325 e. The minimum Gasteiger partial charge on any atom is -0.325 e. The number of carbonyl (C=O) groups excluding carboxylic acids is 1. The van der Waals surface area contributed by atoms with Crippen LogP contribution in [0, 0.1) is 0 Å². The molecule has 0 fully saturated rings. The number of halogens is 1. The molecule has 134 valence electrons. The van der Waals surface area contributed by atoms with E-state index in [2.05, 4.69) is 5.32 Å². The van der Waals surface area contributed by atoms with Gasteiger partial charge in [0.1, 0.15) is 0 Å². The van der Waals surface area contributed by atoms with Crippen LogP contribution in [0.25, 0.3) is 0 Å². The van der Waals surface area contributed by atoms with E-state index in [1.165, 1.54) is 30.2 Å². The molecule has 2 rings (SSSR count). The number of benzene rings is 2. The molecule has 2 aromatic carbocycles. The molecule has 0 aliphatic rings. The fraction of sp³-hybridized carbons (Fsp3) is 0.235. The van der Waals surface area contributed by atoms with Crippen molar-refractivity contribution in [2.45, 2.75) is 10.6 Å². The number of carbonyl (C=O) groups is 1. The van der Waals surface area contributed by atoms with Gasteiger partial charge in [-0.2, -0.15) is 0 Å². The van der Waals surface area contributed by atoms with Crippen molar-refractivity contribution in [2.24, 2.45) is 0 Å². The lowest BCUT2D eigenvalue weighted by Crippen LogP contribution is -2.22. The van der Waals surface area contributed by atoms with Gasteiger partial charge in [-0.15, -0.1) is 11.8 Å². The van der Waals surface area contributed by atoms with E-state index in [1.54, 1.807) is 42.5 Å². The van der Waals surface area contributed by atoms with Crippen molar-refractivity contribution in [1.82, 2.24) is 4.31 Å². The number of nitrogens with one attached hydrogen (secondary N) is 1. The number of sulfonamides is 1. The van der Waals surface area contributed by atoms with Crippen LogP contribution in [0.1, 0.15) is 5.56 Å². The van der Waals surface area contributed by atoms with Crippen LogP contribution in [-0.2, 0) is 20.6 Å². The topological polar surface area (TPSA) is 66.5 Å². The predicted molar refractivity (Wildman–Crippen MR) is 104 cm³/mol. The number of thioether (sulfide) groups is 1. The Morgan fingerprint density at radius 2 is 1.84 bits per heavy atom. The van der Waals surface area contributed by atoms with Crippen molar-refractivity contribution in [3.63, 3.8) is 0 Å². The second-order valence-corrected chi connectivity index (χ2v) is 9.06. The lowest BCUT2D eigenvalue weighted by molar-refractivity contribution is -0.113. The maximum Gasteiger partial charge on any atom is 0.242 e. The van der Waals surface area contributed by atoms with Crippen LogP contribution >= 0.6 is 23.4 Å². The normalized spacial score (nSPS) is 11.5. The van der Waals surface area contributed by atoms with Gasteiger partial charge in [-0.3, -0.25) is 4.79 Å². The first-order chi connectivity index (χ1) is 11.8. The van der Waals surface area contributed by atoms with Crippen LogP contribution in [-0.4, -0.2) is 38.5 Å². The molecule has 0 unspecified atom stereocenters. The molecule has 0 saturated carbocycles. The van der Waals surface area contributed by atoms with E-state index in [0.29, 0.717) is 16.5 Å². The molecule has 1 amide bonds. The van der Waals surface area contributed by atoms with E-state index in [9.17, 15) is 13.2 Å². The minimum absolute atomic E-state index is 0.121. The lowest BCUT2D eigenvalue weighted by Gasteiger charge is -2.12. The zero-order valence-corrected chi connectivity index (χ0v) is 16.3. The predicted octanol–water partition coefficient (Wildman–Crippen LogP) is 3.46. The van der Waals surface area contributed by atoms with Crippen molar-refractivity contribution < 1.29 is 13.2 Å². The molecule has 0 atom stereocenters. The summed E-state index contributed by atoms with van der Waals surface area (Å²) >= 11 is 7.22. The number of rotatable bonds is 7. The molecule has 0 spiro atoms. The molecule has 5 nitrogen and oxygen atoms in total. The smallest absolute Gasteiger partial charge is 0.242 e. The van der Waals surface area contributed by atoms with Crippen LogP contribution in [0.3, 0.4) is 0 Å². The van der Waals surface area contributed by atoms with E-state index in [-0.39, 0.29) is 16.6 Å². The van der Waals surface area contributed by atoms with Gasteiger partial charge in [0.2, 0.25) is 15.9 Å². The standard InChI is InChI=1S/C17H19ClN2O3S2/c1-20(2)25(22,23)16-5-3-4-13(10-16)11-24-12-17(21)19-15-8-6-14(18)7-9-15/h3-10H,11-12H2,1-2H3,(H,19,21). The summed E-state index contributed by atoms with van der Waals surface area (Å²) in [5.41, 5.74) is 1.54. The third-order valence-corrected chi connectivity index (χ3v) is 6.37. The van der Waals surface area contributed by atoms with Gasteiger partial charge in [-0.05, 0) is 42.0 Å². The molecule has 0 saturated heterocycles. The Balaban J connectivity index is 1.89. The van der Waals surface area contributed by atoms with E-state index >= 15 is 0 Å². The Bertz CT molecular complexity index is 837. The Hall–Kier alpha value is -1.54. The van der Waals surface area contributed by atoms with Crippen molar-refractivity contribution >= 4 is 45.0 Å². The summed E-state index contributed by atoms with van der Waals surface area (Å²) in [5.74, 6) is 0.697. The SMILES string of the molecule is CN(C)S(=O)(=O)c1cccc(CSCC(=O)Nc2ccc(Cl)cc2)c1. The van der Waals surface area contributed by atoms with Gasteiger partial charge < -0.3 is 5.32 Å². The zero-order valence-electron chi connectivity index (χ0n) is 13.9. The molecule has 1 N–H and O–H groups in total. The second-order valence-electron chi connectivity index (χ2n) is 5.48. The van der Waals surface area contributed by atoms with Crippen molar-refractivity contribution in [3.8, 4) is 0 Å². The maximum atomic E-state index is 12.1. The number of anilines is 1.